The molecule has 80 valence electrons. The number of pyridine rings is 1. The van der Waals surface area contributed by atoms with Crippen LogP contribution in [0.4, 0.5) is 18.9 Å². The maximum atomic E-state index is 11.9. The summed E-state index contributed by atoms with van der Waals surface area (Å²) in [6.07, 6.45) is -3.76. The zero-order valence-electron chi connectivity index (χ0n) is 7.59. The van der Waals surface area contributed by atoms with Crippen molar-refractivity contribution in [2.75, 3.05) is 5.73 Å². The van der Waals surface area contributed by atoms with Gasteiger partial charge < -0.3 is 10.5 Å². The van der Waals surface area contributed by atoms with Crippen LogP contribution in [0.5, 0.6) is 5.75 Å². The molecular formula is C8H6F3N3O. The van der Waals surface area contributed by atoms with E-state index in [2.05, 4.69) is 9.72 Å². The average molecular weight is 217 g/mol. The predicted molar refractivity (Wildman–Crippen MR) is 44.8 cm³/mol. The molecule has 0 atom stereocenters. The Kier molecular flexibility index (Phi) is 2.70. The van der Waals surface area contributed by atoms with E-state index in [1.165, 1.54) is 6.92 Å². The summed E-state index contributed by atoms with van der Waals surface area (Å²) in [4.78, 5) is 3.57. The van der Waals surface area contributed by atoms with Crippen LogP contribution in [0.25, 0.3) is 0 Å². The molecule has 4 nitrogen and oxygen atoms in total. The van der Waals surface area contributed by atoms with Crippen LogP contribution in [0, 0.1) is 18.3 Å². The van der Waals surface area contributed by atoms with Gasteiger partial charge in [0.05, 0.1) is 16.9 Å². The molecule has 2 N–H and O–H groups in total. The molecule has 7 heteroatoms. The number of hydrogen-bond donors (Lipinski definition) is 1. The van der Waals surface area contributed by atoms with Gasteiger partial charge in [0.15, 0.2) is 5.75 Å². The van der Waals surface area contributed by atoms with Crippen LogP contribution in [0.1, 0.15) is 11.3 Å². The van der Waals surface area contributed by atoms with E-state index in [-0.39, 0.29) is 16.9 Å². The van der Waals surface area contributed by atoms with E-state index in [1.54, 1.807) is 6.07 Å². The Morgan fingerprint density at radius 2 is 2.13 bits per heavy atom. The highest BCUT2D eigenvalue weighted by Crippen LogP contribution is 2.32. The molecule has 1 aromatic rings. The number of hydrogen-bond acceptors (Lipinski definition) is 4. The Bertz CT molecular complexity index is 422. The molecule has 0 saturated heterocycles. The lowest BCUT2D eigenvalue weighted by Crippen LogP contribution is -2.19. The fraction of sp³-hybridized carbons (Fsp3) is 0.250. The number of aryl methyl sites for hydroxylation is 1. The molecule has 0 fully saturated rings. The lowest BCUT2D eigenvalue weighted by Gasteiger charge is -2.13. The molecule has 0 aromatic carbocycles. The number of alkyl halides is 3. The summed E-state index contributed by atoms with van der Waals surface area (Å²) in [5.74, 6) is -0.624. The minimum Gasteiger partial charge on any atom is -0.402 e. The molecule has 0 spiro atoms. The maximum absolute atomic E-state index is 11.9. The minimum absolute atomic E-state index is 0.0242. The van der Waals surface area contributed by atoms with Crippen molar-refractivity contribution in [3.63, 3.8) is 0 Å². The number of aromatic nitrogens is 1. The van der Waals surface area contributed by atoms with Gasteiger partial charge in [0, 0.05) is 6.20 Å². The molecule has 15 heavy (non-hydrogen) atoms. The normalized spacial score (nSPS) is 10.9. The van der Waals surface area contributed by atoms with Crippen molar-refractivity contribution in [2.24, 2.45) is 0 Å². The van der Waals surface area contributed by atoms with Crippen LogP contribution < -0.4 is 10.5 Å². The second kappa shape index (κ2) is 3.65. The molecular weight excluding hydrogens is 211 g/mol. The highest BCUT2D eigenvalue weighted by atomic mass is 19.4. The summed E-state index contributed by atoms with van der Waals surface area (Å²) in [7, 11) is 0. The molecule has 0 aliphatic heterocycles. The number of nitrogens with zero attached hydrogens (tertiary/aromatic N) is 2. The van der Waals surface area contributed by atoms with Gasteiger partial charge in [0.25, 0.3) is 0 Å². The first-order valence-corrected chi connectivity index (χ1v) is 3.76. The van der Waals surface area contributed by atoms with Gasteiger partial charge in [-0.05, 0) is 6.92 Å². The zero-order valence-corrected chi connectivity index (χ0v) is 7.59. The first kappa shape index (κ1) is 11.1. The van der Waals surface area contributed by atoms with Crippen molar-refractivity contribution >= 4 is 5.69 Å². The lowest BCUT2D eigenvalue weighted by atomic mass is 10.2. The van der Waals surface area contributed by atoms with E-state index >= 15 is 0 Å². The van der Waals surface area contributed by atoms with Crippen molar-refractivity contribution in [3.05, 3.63) is 17.5 Å². The average Bonchev–Trinajstić information content (AvgIpc) is 2.11. The van der Waals surface area contributed by atoms with Crippen LogP contribution in [-0.2, 0) is 0 Å². The van der Waals surface area contributed by atoms with E-state index in [1.807, 2.05) is 0 Å². The summed E-state index contributed by atoms with van der Waals surface area (Å²) in [6.45, 7) is 1.30. The fourth-order valence-electron chi connectivity index (χ4n) is 0.940. The quantitative estimate of drug-likeness (QED) is 0.777. The number of anilines is 1. The van der Waals surface area contributed by atoms with Crippen LogP contribution in [0.3, 0.4) is 0 Å². The first-order valence-electron chi connectivity index (χ1n) is 3.76. The summed E-state index contributed by atoms with van der Waals surface area (Å²) < 4.78 is 39.5. The number of rotatable bonds is 1. The molecule has 1 heterocycles. The van der Waals surface area contributed by atoms with E-state index in [4.69, 9.17) is 11.0 Å². The Balaban J connectivity index is 3.23. The molecule has 0 saturated carbocycles. The van der Waals surface area contributed by atoms with Crippen molar-refractivity contribution in [1.82, 2.24) is 4.98 Å². The van der Waals surface area contributed by atoms with E-state index in [0.717, 1.165) is 6.20 Å². The third-order valence-corrected chi connectivity index (χ3v) is 1.59. The first-order chi connectivity index (χ1) is 6.85. The number of halogens is 3. The highest BCUT2D eigenvalue weighted by molar-refractivity contribution is 5.63. The smallest absolute Gasteiger partial charge is 0.402 e. The van der Waals surface area contributed by atoms with Gasteiger partial charge in [-0.1, -0.05) is 0 Å². The van der Waals surface area contributed by atoms with Crippen LogP contribution in [0.2, 0.25) is 0 Å². The highest BCUT2D eigenvalue weighted by Gasteiger charge is 2.33. The third kappa shape index (κ3) is 2.49. The van der Waals surface area contributed by atoms with Crippen molar-refractivity contribution in [3.8, 4) is 11.8 Å². The number of nitrogens with two attached hydrogens (primary N) is 1. The van der Waals surface area contributed by atoms with Gasteiger partial charge in [-0.25, -0.2) is 0 Å². The Hall–Kier alpha value is -1.97. The van der Waals surface area contributed by atoms with Gasteiger partial charge in [0.2, 0.25) is 0 Å². The van der Waals surface area contributed by atoms with E-state index in [9.17, 15) is 13.2 Å². The van der Waals surface area contributed by atoms with Gasteiger partial charge in [-0.2, -0.15) is 5.26 Å². The number of nitriles is 1. The second-order valence-electron chi connectivity index (χ2n) is 2.66. The van der Waals surface area contributed by atoms with Gasteiger partial charge in [-0.15, -0.1) is 13.2 Å². The fourth-order valence-corrected chi connectivity index (χ4v) is 0.940. The predicted octanol–water partition coefficient (Wildman–Crippen LogP) is 1.74. The Morgan fingerprint density at radius 3 is 2.60 bits per heavy atom. The largest absolute Gasteiger partial charge is 0.573 e. The monoisotopic (exact) mass is 217 g/mol. The molecule has 0 aliphatic carbocycles. The number of nitrogen functional groups attached to an aromatic ring is 1. The minimum atomic E-state index is -4.85. The van der Waals surface area contributed by atoms with E-state index < -0.39 is 12.1 Å². The van der Waals surface area contributed by atoms with Crippen molar-refractivity contribution < 1.29 is 17.9 Å². The van der Waals surface area contributed by atoms with Crippen LogP contribution in [0.15, 0.2) is 6.20 Å². The van der Waals surface area contributed by atoms with Crippen LogP contribution >= 0.6 is 0 Å². The topological polar surface area (TPSA) is 71.9 Å². The molecule has 0 amide bonds. The Labute approximate surface area is 83.1 Å². The summed E-state index contributed by atoms with van der Waals surface area (Å²) in [6, 6.07) is 1.61. The lowest BCUT2D eigenvalue weighted by molar-refractivity contribution is -0.274. The summed E-state index contributed by atoms with van der Waals surface area (Å²) in [5.41, 5.74) is 4.78. The molecule has 0 unspecified atom stereocenters. The molecule has 0 aliphatic rings. The van der Waals surface area contributed by atoms with Crippen molar-refractivity contribution in [1.29, 1.82) is 5.26 Å². The second-order valence-corrected chi connectivity index (χ2v) is 2.66. The van der Waals surface area contributed by atoms with Gasteiger partial charge in [-0.3, -0.25) is 4.98 Å². The van der Waals surface area contributed by atoms with E-state index in [0.29, 0.717) is 0 Å². The maximum Gasteiger partial charge on any atom is 0.573 e. The number of ether oxygens (including phenoxy) is 1. The third-order valence-electron chi connectivity index (χ3n) is 1.59. The van der Waals surface area contributed by atoms with Crippen LogP contribution in [-0.4, -0.2) is 11.3 Å². The summed E-state index contributed by atoms with van der Waals surface area (Å²) >= 11 is 0. The standard InChI is InChI=1S/C8H6F3N3O/c1-4-7(15-8(9,10)11)6(13)5(2-12)3-14-4/h3H,1H3,(H2,13,14). The zero-order chi connectivity index (χ0) is 11.6. The summed E-state index contributed by atoms with van der Waals surface area (Å²) in [5, 5.41) is 8.53. The SMILES string of the molecule is Cc1ncc(C#N)c(N)c1OC(F)(F)F. The van der Waals surface area contributed by atoms with Gasteiger partial charge >= 0.3 is 6.36 Å². The molecule has 1 aromatic heterocycles. The molecule has 0 bridgehead atoms. The molecule has 0 radical (unpaired) electrons. The molecule has 1 rings (SSSR count). The van der Waals surface area contributed by atoms with Crippen molar-refractivity contribution in [2.45, 2.75) is 13.3 Å². The Morgan fingerprint density at radius 1 is 1.53 bits per heavy atom. The van der Waals surface area contributed by atoms with Gasteiger partial charge in [0.1, 0.15) is 6.07 Å².